The van der Waals surface area contributed by atoms with Gasteiger partial charge in [-0.3, -0.25) is 4.79 Å². The number of carbonyl (C=O) groups is 1. The molecule has 3 nitrogen and oxygen atoms in total. The van der Waals surface area contributed by atoms with Gasteiger partial charge in [-0.25, -0.2) is 4.39 Å². The molecular weight excluding hydrogens is 311 g/mol. The molecule has 0 saturated carbocycles. The Morgan fingerprint density at radius 2 is 1.96 bits per heavy atom. The summed E-state index contributed by atoms with van der Waals surface area (Å²) >= 11 is 1.35. The van der Waals surface area contributed by atoms with Gasteiger partial charge >= 0.3 is 0 Å². The molecule has 0 aromatic heterocycles. The predicted molar refractivity (Wildman–Crippen MR) is 93.3 cm³/mol. The lowest BCUT2D eigenvalue weighted by Gasteiger charge is -2.12. The van der Waals surface area contributed by atoms with E-state index in [9.17, 15) is 9.18 Å². The smallest absolute Gasteiger partial charge is 0.260 e. The van der Waals surface area contributed by atoms with Gasteiger partial charge in [-0.15, -0.1) is 0 Å². The van der Waals surface area contributed by atoms with E-state index in [-0.39, 0.29) is 17.2 Å². The number of thioether (sulfide) groups is 1. The van der Waals surface area contributed by atoms with Crippen LogP contribution < -0.4 is 10.6 Å². The summed E-state index contributed by atoms with van der Waals surface area (Å²) < 4.78 is 13.7. The molecular formula is C18H17FN2OS. The maximum absolute atomic E-state index is 13.7. The highest BCUT2D eigenvalue weighted by Gasteiger charge is 2.27. The number of nitrogens with one attached hydrogen (secondary N) is 2. The Labute approximate surface area is 139 Å². The van der Waals surface area contributed by atoms with Crippen LogP contribution in [-0.4, -0.2) is 11.4 Å². The first kappa shape index (κ1) is 15.6. The lowest BCUT2D eigenvalue weighted by molar-refractivity contribution is -0.116. The molecule has 1 aliphatic heterocycles. The minimum absolute atomic E-state index is 0.194. The third kappa shape index (κ3) is 3.74. The van der Waals surface area contributed by atoms with E-state index in [1.165, 1.54) is 23.4 Å². The number of aryl methyl sites for hydroxylation is 1. The topological polar surface area (TPSA) is 41.1 Å². The number of anilines is 1. The molecule has 1 aliphatic rings. The minimum atomic E-state index is -0.333. The predicted octanol–water partition coefficient (Wildman–Crippen LogP) is 3.99. The largest absolute Gasteiger partial charge is 0.357 e. The van der Waals surface area contributed by atoms with Crippen LogP contribution in [0.3, 0.4) is 0 Å². The third-order valence-corrected chi connectivity index (χ3v) is 4.61. The summed E-state index contributed by atoms with van der Waals surface area (Å²) in [6.45, 7) is 2.11. The first-order valence-corrected chi connectivity index (χ1v) is 8.33. The van der Waals surface area contributed by atoms with E-state index in [0.717, 1.165) is 12.1 Å². The van der Waals surface area contributed by atoms with Crippen molar-refractivity contribution < 1.29 is 9.18 Å². The maximum Gasteiger partial charge on any atom is 0.260 e. The van der Waals surface area contributed by atoms with Gasteiger partial charge in [-0.05, 0) is 36.3 Å². The van der Waals surface area contributed by atoms with Crippen LogP contribution in [0.1, 0.15) is 18.1 Å². The fourth-order valence-electron chi connectivity index (χ4n) is 2.29. The van der Waals surface area contributed by atoms with Gasteiger partial charge in [-0.2, -0.15) is 0 Å². The Morgan fingerprint density at radius 3 is 2.65 bits per heavy atom. The zero-order chi connectivity index (χ0) is 16.2. The van der Waals surface area contributed by atoms with E-state index in [1.807, 2.05) is 12.1 Å². The van der Waals surface area contributed by atoms with E-state index in [2.05, 4.69) is 29.7 Å². The molecule has 1 amide bonds. The molecule has 2 aromatic rings. The number of rotatable bonds is 4. The molecule has 23 heavy (non-hydrogen) atoms. The zero-order valence-corrected chi connectivity index (χ0v) is 13.5. The quantitative estimate of drug-likeness (QED) is 0.834. The first-order chi connectivity index (χ1) is 11.2. The molecule has 0 bridgehead atoms. The molecule has 1 heterocycles. The Kier molecular flexibility index (Phi) is 4.67. The normalized spacial score (nSPS) is 19.0. The summed E-state index contributed by atoms with van der Waals surface area (Å²) in [5.41, 5.74) is 2.36. The number of benzene rings is 2. The Hall–Kier alpha value is -2.27. The molecule has 2 aromatic carbocycles. The standard InChI is InChI=1S/C18H17FN2OS/c1-2-12-7-9-14(10-8-12)20-18-21-17(22)16(23-18)11-13-5-3-4-6-15(13)19/h3-11,18,20H,2H2,1H3,(H,21,22)/b16-11-/t18-/m1/s1. The van der Waals surface area contributed by atoms with Crippen LogP contribution in [0.2, 0.25) is 0 Å². The lowest BCUT2D eigenvalue weighted by atomic mass is 10.1. The summed E-state index contributed by atoms with van der Waals surface area (Å²) in [5, 5.41) is 6.09. The van der Waals surface area contributed by atoms with Gasteiger partial charge in [0, 0.05) is 11.3 Å². The summed E-state index contributed by atoms with van der Waals surface area (Å²) in [6.07, 6.45) is 2.57. The monoisotopic (exact) mass is 328 g/mol. The van der Waals surface area contributed by atoms with Crippen molar-refractivity contribution in [3.05, 3.63) is 70.4 Å². The van der Waals surface area contributed by atoms with Gasteiger partial charge in [0.1, 0.15) is 5.82 Å². The van der Waals surface area contributed by atoms with Crippen molar-refractivity contribution in [2.24, 2.45) is 0 Å². The molecule has 1 saturated heterocycles. The van der Waals surface area contributed by atoms with Crippen molar-refractivity contribution in [3.8, 4) is 0 Å². The number of amides is 1. The van der Waals surface area contributed by atoms with Crippen LogP contribution >= 0.6 is 11.8 Å². The average molecular weight is 328 g/mol. The van der Waals surface area contributed by atoms with E-state index < -0.39 is 0 Å². The SMILES string of the molecule is CCc1ccc(N[C@@H]2NC(=O)/C(=C/c3ccccc3F)S2)cc1. The van der Waals surface area contributed by atoms with Gasteiger partial charge in [0.15, 0.2) is 5.50 Å². The second kappa shape index (κ2) is 6.87. The zero-order valence-electron chi connectivity index (χ0n) is 12.7. The van der Waals surface area contributed by atoms with Gasteiger partial charge in [-0.1, -0.05) is 49.0 Å². The highest BCUT2D eigenvalue weighted by molar-refractivity contribution is 8.05. The fourth-order valence-corrected chi connectivity index (χ4v) is 3.26. The Bertz CT molecular complexity index is 743. The molecule has 2 N–H and O–H groups in total. The number of hydrogen-bond acceptors (Lipinski definition) is 3. The summed E-state index contributed by atoms with van der Waals surface area (Å²) in [4.78, 5) is 12.5. The van der Waals surface area contributed by atoms with Crippen LogP contribution in [0.4, 0.5) is 10.1 Å². The Morgan fingerprint density at radius 1 is 1.22 bits per heavy atom. The highest BCUT2D eigenvalue weighted by Crippen LogP contribution is 2.30. The molecule has 3 rings (SSSR count). The second-order valence-electron chi connectivity index (χ2n) is 5.20. The van der Waals surface area contributed by atoms with Crippen molar-refractivity contribution in [1.82, 2.24) is 5.32 Å². The highest BCUT2D eigenvalue weighted by atomic mass is 32.2. The first-order valence-electron chi connectivity index (χ1n) is 7.45. The number of hydrogen-bond donors (Lipinski definition) is 2. The molecule has 1 fully saturated rings. The third-order valence-electron chi connectivity index (χ3n) is 3.58. The van der Waals surface area contributed by atoms with E-state index >= 15 is 0 Å². The number of carbonyl (C=O) groups excluding carboxylic acids is 1. The van der Waals surface area contributed by atoms with Crippen LogP contribution in [0.15, 0.2) is 53.4 Å². The molecule has 5 heteroatoms. The molecule has 1 atom stereocenters. The lowest BCUT2D eigenvalue weighted by Crippen LogP contribution is -2.30. The molecule has 0 spiro atoms. The van der Waals surface area contributed by atoms with Gasteiger partial charge in [0.2, 0.25) is 0 Å². The summed E-state index contributed by atoms with van der Waals surface area (Å²) in [6, 6.07) is 14.5. The molecule has 0 aliphatic carbocycles. The van der Waals surface area contributed by atoms with E-state index in [4.69, 9.17) is 0 Å². The second-order valence-corrected chi connectivity index (χ2v) is 6.34. The van der Waals surface area contributed by atoms with Crippen molar-refractivity contribution in [2.75, 3.05) is 5.32 Å². The van der Waals surface area contributed by atoms with Crippen LogP contribution in [0.5, 0.6) is 0 Å². The van der Waals surface area contributed by atoms with Gasteiger partial charge in [0.05, 0.1) is 4.91 Å². The van der Waals surface area contributed by atoms with Crippen molar-refractivity contribution in [3.63, 3.8) is 0 Å². The maximum atomic E-state index is 13.7. The fraction of sp³-hybridized carbons (Fsp3) is 0.167. The van der Waals surface area contributed by atoms with Crippen LogP contribution in [0.25, 0.3) is 6.08 Å². The summed E-state index contributed by atoms with van der Waals surface area (Å²) in [5.74, 6) is -0.527. The van der Waals surface area contributed by atoms with Crippen molar-refractivity contribution >= 4 is 29.4 Å². The van der Waals surface area contributed by atoms with Crippen molar-refractivity contribution in [1.29, 1.82) is 0 Å². The molecule has 0 unspecified atom stereocenters. The minimum Gasteiger partial charge on any atom is -0.357 e. The molecule has 118 valence electrons. The van der Waals surface area contributed by atoms with Gasteiger partial charge in [0.25, 0.3) is 5.91 Å². The molecule has 0 radical (unpaired) electrons. The average Bonchev–Trinajstić information content (AvgIpc) is 2.90. The van der Waals surface area contributed by atoms with E-state index in [1.54, 1.807) is 24.3 Å². The van der Waals surface area contributed by atoms with E-state index in [0.29, 0.717) is 10.5 Å². The number of halogens is 1. The van der Waals surface area contributed by atoms with Crippen molar-refractivity contribution in [2.45, 2.75) is 18.8 Å². The van der Waals surface area contributed by atoms with Gasteiger partial charge < -0.3 is 10.6 Å². The Balaban J connectivity index is 1.70. The summed E-state index contributed by atoms with van der Waals surface area (Å²) in [7, 11) is 0. The van der Waals surface area contributed by atoms with Crippen LogP contribution in [-0.2, 0) is 11.2 Å². The van der Waals surface area contributed by atoms with Crippen LogP contribution in [0, 0.1) is 5.82 Å².